The van der Waals surface area contributed by atoms with Crippen LogP contribution in [0.3, 0.4) is 0 Å². The summed E-state index contributed by atoms with van der Waals surface area (Å²) in [5.41, 5.74) is 1.89. The molecule has 0 saturated heterocycles. The van der Waals surface area contributed by atoms with E-state index in [9.17, 15) is 18.0 Å². The van der Waals surface area contributed by atoms with Crippen molar-refractivity contribution in [1.29, 1.82) is 0 Å². The fourth-order valence-electron chi connectivity index (χ4n) is 4.64. The lowest BCUT2D eigenvalue weighted by Gasteiger charge is -2.30. The maximum Gasteiger partial charge on any atom is 0.242 e. The minimum Gasteiger partial charge on any atom is -0.352 e. The lowest BCUT2D eigenvalue weighted by atomic mass is 10.1. The van der Waals surface area contributed by atoms with Gasteiger partial charge in [0.2, 0.25) is 21.8 Å². The molecule has 2 amide bonds. The molecule has 1 unspecified atom stereocenters. The number of aryl methyl sites for hydroxylation is 1. The van der Waals surface area contributed by atoms with Gasteiger partial charge in [-0.2, -0.15) is 0 Å². The Bertz CT molecular complexity index is 1270. The van der Waals surface area contributed by atoms with Crippen LogP contribution in [0, 0.1) is 6.92 Å². The van der Waals surface area contributed by atoms with E-state index < -0.39 is 16.1 Å². The molecule has 1 atom stereocenters. The maximum atomic E-state index is 13.5. The van der Waals surface area contributed by atoms with E-state index in [0.29, 0.717) is 26.3 Å². The molecule has 0 spiro atoms. The maximum absolute atomic E-state index is 13.5. The fraction of sp³-hybridized carbons (Fsp3) is 0.481. The van der Waals surface area contributed by atoms with Crippen LogP contribution in [0.25, 0.3) is 0 Å². The molecule has 0 aromatic heterocycles. The van der Waals surface area contributed by atoms with Crippen LogP contribution >= 0.6 is 34.8 Å². The van der Waals surface area contributed by atoms with Crippen molar-refractivity contribution >= 4 is 62.3 Å². The van der Waals surface area contributed by atoms with Crippen molar-refractivity contribution in [2.24, 2.45) is 0 Å². The van der Waals surface area contributed by atoms with E-state index in [-0.39, 0.29) is 43.8 Å². The van der Waals surface area contributed by atoms with E-state index in [1.807, 2.05) is 0 Å². The number of rotatable bonds is 11. The molecule has 0 radical (unpaired) electrons. The van der Waals surface area contributed by atoms with Crippen molar-refractivity contribution in [2.45, 2.75) is 71.0 Å². The molecule has 0 heterocycles. The topological polar surface area (TPSA) is 86.8 Å². The summed E-state index contributed by atoms with van der Waals surface area (Å²) in [5.74, 6) is -0.496. The van der Waals surface area contributed by atoms with Crippen molar-refractivity contribution < 1.29 is 18.0 Å². The summed E-state index contributed by atoms with van der Waals surface area (Å²) in [4.78, 5) is 28.1. The minimum absolute atomic E-state index is 0.0396. The van der Waals surface area contributed by atoms with Gasteiger partial charge in [0.1, 0.15) is 6.04 Å². The van der Waals surface area contributed by atoms with Crippen LogP contribution < -0.4 is 9.62 Å². The molecule has 1 aliphatic carbocycles. The predicted molar refractivity (Wildman–Crippen MR) is 154 cm³/mol. The molecule has 1 saturated carbocycles. The molecule has 7 nitrogen and oxygen atoms in total. The Morgan fingerprint density at radius 1 is 1.05 bits per heavy atom. The van der Waals surface area contributed by atoms with Gasteiger partial charge in [0.15, 0.2) is 0 Å². The highest BCUT2D eigenvalue weighted by molar-refractivity contribution is 7.92. The largest absolute Gasteiger partial charge is 0.352 e. The molecule has 1 aliphatic rings. The third-order valence-corrected chi connectivity index (χ3v) is 8.82. The Balaban J connectivity index is 1.77. The Morgan fingerprint density at radius 2 is 1.68 bits per heavy atom. The molecular weight excluding hydrogens is 569 g/mol. The number of anilines is 1. The molecule has 11 heteroatoms. The summed E-state index contributed by atoms with van der Waals surface area (Å²) in [5, 5.41) is 4.36. The lowest BCUT2D eigenvalue weighted by Crippen LogP contribution is -2.49. The normalized spacial score (nSPS) is 14.8. The second-order valence-electron chi connectivity index (χ2n) is 9.79. The summed E-state index contributed by atoms with van der Waals surface area (Å²) in [6.45, 7) is 3.71. The number of benzene rings is 2. The van der Waals surface area contributed by atoms with Gasteiger partial charge < -0.3 is 10.2 Å². The van der Waals surface area contributed by atoms with Gasteiger partial charge in [-0.15, -0.1) is 0 Å². The molecule has 208 valence electrons. The molecular formula is C27H34Cl3N3O4S. The minimum atomic E-state index is -3.62. The summed E-state index contributed by atoms with van der Waals surface area (Å²) in [6.07, 6.45) is 5.42. The highest BCUT2D eigenvalue weighted by Gasteiger charge is 2.29. The Labute approximate surface area is 240 Å². The first kappa shape index (κ1) is 30.5. The smallest absolute Gasteiger partial charge is 0.242 e. The van der Waals surface area contributed by atoms with Gasteiger partial charge in [-0.3, -0.25) is 13.9 Å². The number of nitrogens with one attached hydrogen (secondary N) is 1. The Morgan fingerprint density at radius 3 is 2.32 bits per heavy atom. The van der Waals surface area contributed by atoms with Gasteiger partial charge in [-0.1, -0.05) is 59.8 Å². The first-order valence-electron chi connectivity index (χ1n) is 12.6. The lowest BCUT2D eigenvalue weighted by molar-refractivity contribution is -0.140. The number of hydrogen-bond donors (Lipinski definition) is 1. The molecule has 0 aliphatic heterocycles. The zero-order valence-electron chi connectivity index (χ0n) is 21.8. The summed E-state index contributed by atoms with van der Waals surface area (Å²) in [7, 11) is -3.62. The zero-order chi connectivity index (χ0) is 28.0. The van der Waals surface area contributed by atoms with Crippen molar-refractivity contribution in [3.8, 4) is 0 Å². The second-order valence-corrected chi connectivity index (χ2v) is 13.0. The van der Waals surface area contributed by atoms with Gasteiger partial charge in [-0.25, -0.2) is 8.42 Å². The second kappa shape index (κ2) is 13.4. The van der Waals surface area contributed by atoms with Gasteiger partial charge in [0.05, 0.1) is 11.9 Å². The molecule has 1 N–H and O–H groups in total. The van der Waals surface area contributed by atoms with E-state index in [1.54, 1.807) is 50.2 Å². The average Bonchev–Trinajstić information content (AvgIpc) is 3.35. The molecule has 2 aromatic carbocycles. The summed E-state index contributed by atoms with van der Waals surface area (Å²) < 4.78 is 26.4. The van der Waals surface area contributed by atoms with E-state index in [0.717, 1.165) is 37.5 Å². The van der Waals surface area contributed by atoms with E-state index in [2.05, 4.69) is 5.32 Å². The average molecular weight is 603 g/mol. The van der Waals surface area contributed by atoms with Crippen molar-refractivity contribution in [2.75, 3.05) is 17.1 Å². The van der Waals surface area contributed by atoms with Crippen molar-refractivity contribution in [3.05, 3.63) is 62.6 Å². The Hall–Kier alpha value is -2.00. The molecule has 0 bridgehead atoms. The number of nitrogens with zero attached hydrogens (tertiary/aromatic N) is 2. The van der Waals surface area contributed by atoms with Gasteiger partial charge >= 0.3 is 0 Å². The van der Waals surface area contributed by atoms with Crippen molar-refractivity contribution in [3.63, 3.8) is 0 Å². The standard InChI is InChI=1S/C27H34Cl3N3O4S/c1-18-10-12-22(29)16-25(18)33(38(3,36)37)14-6-9-26(34)32(17-20-11-13-21(28)15-24(20)30)19(2)27(35)31-23-7-4-5-8-23/h10-13,15-16,19,23H,4-9,14,17H2,1-3H3,(H,31,35). The molecule has 38 heavy (non-hydrogen) atoms. The first-order valence-corrected chi connectivity index (χ1v) is 15.6. The number of halogens is 3. The zero-order valence-corrected chi connectivity index (χ0v) is 24.9. The molecule has 2 aromatic rings. The van der Waals surface area contributed by atoms with Gasteiger partial charge in [-0.05, 0) is 68.5 Å². The predicted octanol–water partition coefficient (Wildman–Crippen LogP) is 5.98. The van der Waals surface area contributed by atoms with Crippen LogP contribution in [0.1, 0.15) is 56.6 Å². The highest BCUT2D eigenvalue weighted by atomic mass is 35.5. The number of amides is 2. The summed E-state index contributed by atoms with van der Waals surface area (Å²) >= 11 is 18.5. The van der Waals surface area contributed by atoms with E-state index in [1.165, 1.54) is 9.21 Å². The van der Waals surface area contributed by atoms with Crippen LogP contribution in [0.4, 0.5) is 5.69 Å². The molecule has 3 rings (SSSR count). The van der Waals surface area contributed by atoms with Crippen LogP contribution in [0.5, 0.6) is 0 Å². The van der Waals surface area contributed by atoms with E-state index >= 15 is 0 Å². The third-order valence-electron chi connectivity index (χ3n) is 6.82. The van der Waals surface area contributed by atoms with Gasteiger partial charge in [0, 0.05) is 40.6 Å². The monoisotopic (exact) mass is 601 g/mol. The van der Waals surface area contributed by atoms with Crippen LogP contribution in [0.15, 0.2) is 36.4 Å². The molecule has 1 fully saturated rings. The van der Waals surface area contributed by atoms with Crippen LogP contribution in [-0.4, -0.2) is 50.0 Å². The first-order chi connectivity index (χ1) is 17.9. The number of carbonyl (C=O) groups excluding carboxylic acids is 2. The number of sulfonamides is 1. The summed E-state index contributed by atoms with van der Waals surface area (Å²) in [6, 6.07) is 9.45. The quantitative estimate of drug-likeness (QED) is 0.343. The van der Waals surface area contributed by atoms with Crippen molar-refractivity contribution in [1.82, 2.24) is 10.2 Å². The Kier molecular flexibility index (Phi) is 10.7. The fourth-order valence-corrected chi connectivity index (χ4v) is 6.29. The third kappa shape index (κ3) is 8.25. The van der Waals surface area contributed by atoms with Crippen LogP contribution in [0.2, 0.25) is 15.1 Å². The van der Waals surface area contributed by atoms with E-state index in [4.69, 9.17) is 34.8 Å². The van der Waals surface area contributed by atoms with Crippen LogP contribution in [-0.2, 0) is 26.2 Å². The number of hydrogen-bond acceptors (Lipinski definition) is 4. The highest BCUT2D eigenvalue weighted by Crippen LogP contribution is 2.28. The number of carbonyl (C=O) groups is 2. The van der Waals surface area contributed by atoms with Gasteiger partial charge in [0.25, 0.3) is 0 Å². The SMILES string of the molecule is Cc1ccc(Cl)cc1N(CCCC(=O)N(Cc1ccc(Cl)cc1Cl)C(C)C(=O)NC1CCCC1)S(C)(=O)=O.